The molecule has 0 bridgehead atoms. The van der Waals surface area contributed by atoms with Crippen LogP contribution in [0.4, 0.5) is 0 Å². The fourth-order valence-corrected chi connectivity index (χ4v) is 4.54. The maximum absolute atomic E-state index is 13.0. The van der Waals surface area contributed by atoms with Gasteiger partial charge < -0.3 is 20.0 Å². The number of carboxylic acid groups (broad SMARTS) is 1. The molecular weight excluding hydrogens is 458 g/mol. The third-order valence-corrected chi connectivity index (χ3v) is 6.07. The lowest BCUT2D eigenvalue weighted by molar-refractivity contribution is -0.139. The van der Waals surface area contributed by atoms with Crippen molar-refractivity contribution < 1.29 is 24.2 Å². The Morgan fingerprint density at radius 1 is 1.00 bits per heavy atom. The van der Waals surface area contributed by atoms with Crippen molar-refractivity contribution in [3.05, 3.63) is 100.0 Å². The van der Waals surface area contributed by atoms with Crippen LogP contribution in [0.15, 0.2) is 60.8 Å². The number of aliphatic carboxylic acids is 1. The summed E-state index contributed by atoms with van der Waals surface area (Å²) in [5.74, 6) is -3.17. The van der Waals surface area contributed by atoms with Gasteiger partial charge in [-0.25, -0.2) is 9.78 Å². The van der Waals surface area contributed by atoms with Crippen molar-refractivity contribution in [2.24, 2.45) is 5.73 Å². The fourth-order valence-electron chi connectivity index (χ4n) is 4.54. The number of primary amides is 1. The van der Waals surface area contributed by atoms with Crippen LogP contribution in [0.1, 0.15) is 50.9 Å². The highest BCUT2D eigenvalue weighted by Crippen LogP contribution is 2.33. The van der Waals surface area contributed by atoms with Crippen LogP contribution in [-0.2, 0) is 28.9 Å². The highest BCUT2D eigenvalue weighted by Gasteiger charge is 2.29. The lowest BCUT2D eigenvalue weighted by atomic mass is 9.94. The molecule has 0 unspecified atom stereocenters. The summed E-state index contributed by atoms with van der Waals surface area (Å²) in [7, 11) is 0. The number of benzene rings is 2. The first-order chi connectivity index (χ1) is 17.3. The van der Waals surface area contributed by atoms with E-state index in [0.717, 1.165) is 23.2 Å². The van der Waals surface area contributed by atoms with E-state index in [0.29, 0.717) is 24.1 Å². The molecule has 184 valence electrons. The van der Waals surface area contributed by atoms with E-state index in [9.17, 15) is 14.4 Å². The maximum Gasteiger partial charge on any atom is 0.341 e. The number of hydrogen-bond donors (Lipinski definition) is 2. The zero-order chi connectivity index (χ0) is 25.8. The average molecular weight is 486 g/mol. The molecule has 2 aromatic heterocycles. The highest BCUT2D eigenvalue weighted by atomic mass is 16.5. The van der Waals surface area contributed by atoms with Crippen molar-refractivity contribution >= 4 is 23.2 Å². The number of aryl methyl sites for hydroxylation is 1. The predicted octanol–water partition coefficient (Wildman–Crippen LogP) is 3.52. The SMILES string of the molecule is CCc1c(C(=O)C(N)=O)c2c(OCC(=O)O)nc(C)cn2c1Cc1ccccc1Cc1ccccc1. The van der Waals surface area contributed by atoms with Gasteiger partial charge in [-0.3, -0.25) is 9.59 Å². The second-order valence-electron chi connectivity index (χ2n) is 8.54. The van der Waals surface area contributed by atoms with Crippen LogP contribution in [-0.4, -0.2) is 38.8 Å². The first-order valence-electron chi connectivity index (χ1n) is 11.6. The number of carboxylic acids is 1. The first-order valence-corrected chi connectivity index (χ1v) is 11.6. The molecule has 8 nitrogen and oxygen atoms in total. The quantitative estimate of drug-likeness (QED) is 0.262. The van der Waals surface area contributed by atoms with Gasteiger partial charge in [-0.05, 0) is 42.0 Å². The molecule has 8 heteroatoms. The van der Waals surface area contributed by atoms with E-state index in [1.54, 1.807) is 17.5 Å². The summed E-state index contributed by atoms with van der Waals surface area (Å²) in [5.41, 5.74) is 11.1. The van der Waals surface area contributed by atoms with Gasteiger partial charge in [0.2, 0.25) is 5.88 Å². The topological polar surface area (TPSA) is 124 Å². The van der Waals surface area contributed by atoms with E-state index in [1.807, 2.05) is 43.3 Å². The Morgan fingerprint density at radius 2 is 1.64 bits per heavy atom. The monoisotopic (exact) mass is 485 g/mol. The predicted molar refractivity (Wildman–Crippen MR) is 134 cm³/mol. The molecule has 3 N–H and O–H groups in total. The number of ketones is 1. The number of carbonyl (C=O) groups is 3. The van der Waals surface area contributed by atoms with Crippen molar-refractivity contribution in [1.82, 2.24) is 9.38 Å². The minimum atomic E-state index is -1.18. The Morgan fingerprint density at radius 3 is 2.25 bits per heavy atom. The Bertz CT molecular complexity index is 1460. The van der Waals surface area contributed by atoms with Crippen LogP contribution in [0.2, 0.25) is 0 Å². The summed E-state index contributed by atoms with van der Waals surface area (Å²) >= 11 is 0. The molecule has 0 saturated heterocycles. The number of fused-ring (bicyclic) bond motifs is 1. The van der Waals surface area contributed by atoms with Gasteiger partial charge >= 0.3 is 5.97 Å². The van der Waals surface area contributed by atoms with Gasteiger partial charge in [-0.2, -0.15) is 0 Å². The Hall–Kier alpha value is -4.46. The van der Waals surface area contributed by atoms with Gasteiger partial charge in [0.05, 0.1) is 11.3 Å². The highest BCUT2D eigenvalue weighted by molar-refractivity contribution is 6.44. The molecule has 0 atom stereocenters. The van der Waals surface area contributed by atoms with Crippen LogP contribution in [0, 0.1) is 6.92 Å². The van der Waals surface area contributed by atoms with E-state index >= 15 is 0 Å². The number of hydrogen-bond acceptors (Lipinski definition) is 5. The van der Waals surface area contributed by atoms with E-state index in [2.05, 4.69) is 23.2 Å². The molecule has 0 fully saturated rings. The summed E-state index contributed by atoms with van der Waals surface area (Å²) in [6.07, 6.45) is 3.42. The minimum absolute atomic E-state index is 0.0273. The molecule has 4 rings (SSSR count). The van der Waals surface area contributed by atoms with E-state index < -0.39 is 24.3 Å². The third kappa shape index (κ3) is 4.98. The molecule has 0 aliphatic heterocycles. The maximum atomic E-state index is 13.0. The number of aromatic nitrogens is 2. The van der Waals surface area contributed by atoms with Gasteiger partial charge in [0.15, 0.2) is 6.61 Å². The van der Waals surface area contributed by atoms with Crippen LogP contribution in [0.25, 0.3) is 5.52 Å². The number of Topliss-reactive ketones (excluding diaryl/α,β-unsaturated/α-hetero) is 1. The second kappa shape index (κ2) is 10.4. The van der Waals surface area contributed by atoms with Crippen LogP contribution in [0.3, 0.4) is 0 Å². The van der Waals surface area contributed by atoms with E-state index in [4.69, 9.17) is 15.6 Å². The standard InChI is InChI=1S/C28H27N3O5/c1-3-21-22(14-20-12-8-7-11-19(20)13-18-9-5-4-6-10-18)31-15-17(2)30-28(36-16-23(32)33)25(31)24(21)26(34)27(29)35/h4-12,15H,3,13-14,16H2,1-2H3,(H2,29,35)(H,32,33). The smallest absolute Gasteiger partial charge is 0.341 e. The average Bonchev–Trinajstić information content (AvgIpc) is 3.16. The number of nitrogens with two attached hydrogens (primary N) is 1. The molecule has 36 heavy (non-hydrogen) atoms. The minimum Gasteiger partial charge on any atom is -0.479 e. The number of amides is 1. The van der Waals surface area contributed by atoms with Gasteiger partial charge in [0.25, 0.3) is 11.7 Å². The molecule has 1 amide bonds. The number of carbonyl (C=O) groups excluding carboxylic acids is 2. The van der Waals surface area contributed by atoms with Gasteiger partial charge in [0.1, 0.15) is 5.52 Å². The Balaban J connectivity index is 1.91. The Labute approximate surface area is 208 Å². The molecule has 0 radical (unpaired) electrons. The molecule has 2 aromatic carbocycles. The van der Waals surface area contributed by atoms with Gasteiger partial charge in [0, 0.05) is 18.3 Å². The summed E-state index contributed by atoms with van der Waals surface area (Å²) in [5, 5.41) is 9.13. The lowest BCUT2D eigenvalue weighted by Gasteiger charge is -2.13. The largest absolute Gasteiger partial charge is 0.479 e. The molecule has 0 aliphatic rings. The molecular formula is C28H27N3O5. The third-order valence-electron chi connectivity index (χ3n) is 6.07. The molecule has 2 heterocycles. The normalized spacial score (nSPS) is 10.9. The fraction of sp³-hybridized carbons (Fsp3) is 0.214. The van der Waals surface area contributed by atoms with Crippen molar-refractivity contribution in [2.75, 3.05) is 6.61 Å². The van der Waals surface area contributed by atoms with Crippen LogP contribution < -0.4 is 10.5 Å². The van der Waals surface area contributed by atoms with Crippen LogP contribution in [0.5, 0.6) is 5.88 Å². The summed E-state index contributed by atoms with van der Waals surface area (Å²) in [4.78, 5) is 40.5. The van der Waals surface area contributed by atoms with Crippen molar-refractivity contribution in [1.29, 1.82) is 0 Å². The Kier molecular flexibility index (Phi) is 7.15. The van der Waals surface area contributed by atoms with Crippen molar-refractivity contribution in [3.63, 3.8) is 0 Å². The molecule has 0 spiro atoms. The van der Waals surface area contributed by atoms with Gasteiger partial charge in [-0.1, -0.05) is 61.5 Å². The summed E-state index contributed by atoms with van der Waals surface area (Å²) in [6.45, 7) is 3.00. The molecule has 0 saturated carbocycles. The lowest BCUT2D eigenvalue weighted by Crippen LogP contribution is -2.24. The molecule has 4 aromatic rings. The number of nitrogens with zero attached hydrogens (tertiary/aromatic N) is 2. The number of rotatable bonds is 10. The van der Waals surface area contributed by atoms with Crippen LogP contribution >= 0.6 is 0 Å². The van der Waals surface area contributed by atoms with Gasteiger partial charge in [-0.15, -0.1) is 0 Å². The van der Waals surface area contributed by atoms with Crippen molar-refractivity contribution in [3.8, 4) is 5.88 Å². The zero-order valence-corrected chi connectivity index (χ0v) is 20.2. The van der Waals surface area contributed by atoms with E-state index in [-0.39, 0.29) is 17.0 Å². The van der Waals surface area contributed by atoms with Crippen molar-refractivity contribution in [2.45, 2.75) is 33.1 Å². The molecule has 0 aliphatic carbocycles. The first kappa shape index (κ1) is 24.7. The number of ether oxygens (including phenoxy) is 1. The zero-order valence-electron chi connectivity index (χ0n) is 20.2. The summed E-state index contributed by atoms with van der Waals surface area (Å²) < 4.78 is 7.25. The van der Waals surface area contributed by atoms with E-state index in [1.165, 1.54) is 5.56 Å². The summed E-state index contributed by atoms with van der Waals surface area (Å²) in [6, 6.07) is 18.2. The second-order valence-corrected chi connectivity index (χ2v) is 8.54.